The number of hydrogen-bond acceptors (Lipinski definition) is 5. The number of nitrogens with two attached hydrogens (primary N) is 1. The number of aliphatic hydroxyl groups excluding tert-OH is 1. The lowest BCUT2D eigenvalue weighted by molar-refractivity contribution is 0.0996. The zero-order valence-corrected chi connectivity index (χ0v) is 16.2. The highest BCUT2D eigenvalue weighted by Gasteiger charge is 2.35. The van der Waals surface area contributed by atoms with Crippen molar-refractivity contribution in [2.75, 3.05) is 4.90 Å². The highest BCUT2D eigenvalue weighted by molar-refractivity contribution is 9.10. The Kier molecular flexibility index (Phi) is 4.84. The number of hydrogen-bond donors (Lipinski definition) is 2. The Labute approximate surface area is 164 Å². The van der Waals surface area contributed by atoms with Crippen LogP contribution in [0.3, 0.4) is 0 Å². The molecule has 1 saturated carbocycles. The maximum absolute atomic E-state index is 12.3. The minimum absolute atomic E-state index is 0.208. The molecule has 1 aliphatic carbocycles. The second kappa shape index (κ2) is 7.28. The molecule has 0 unspecified atom stereocenters. The van der Waals surface area contributed by atoms with E-state index in [1.165, 1.54) is 0 Å². The van der Waals surface area contributed by atoms with Crippen LogP contribution in [0.15, 0.2) is 47.2 Å². The van der Waals surface area contributed by atoms with Crippen LogP contribution in [0.1, 0.15) is 36.0 Å². The van der Waals surface area contributed by atoms with Crippen molar-refractivity contribution in [3.05, 3.63) is 52.8 Å². The van der Waals surface area contributed by atoms with Crippen molar-refractivity contribution in [2.24, 2.45) is 5.73 Å². The van der Waals surface area contributed by atoms with Crippen LogP contribution < -0.4 is 10.6 Å². The third-order valence-electron chi connectivity index (χ3n) is 4.99. The SMILES string of the molecule is NC(=O)c1c(N(c2ccccc2Br)[C@@H]2CCCC[C@@H]2O)nn2cccnc12. The number of carbonyl (C=O) groups excluding carboxylic acids is 1. The minimum atomic E-state index is -0.596. The van der Waals surface area contributed by atoms with Gasteiger partial charge < -0.3 is 15.7 Å². The van der Waals surface area contributed by atoms with E-state index in [1.54, 1.807) is 23.0 Å². The molecule has 0 spiro atoms. The van der Waals surface area contributed by atoms with Crippen molar-refractivity contribution in [2.45, 2.75) is 37.8 Å². The first-order valence-electron chi connectivity index (χ1n) is 8.93. The van der Waals surface area contributed by atoms with Crippen molar-refractivity contribution in [3.8, 4) is 0 Å². The molecule has 0 bridgehead atoms. The third-order valence-corrected chi connectivity index (χ3v) is 5.66. The van der Waals surface area contributed by atoms with E-state index >= 15 is 0 Å². The average Bonchev–Trinajstić information content (AvgIpc) is 3.04. The topological polar surface area (TPSA) is 96.8 Å². The number of fused-ring (bicyclic) bond motifs is 1. The molecule has 1 fully saturated rings. The Morgan fingerprint density at radius 1 is 1.26 bits per heavy atom. The molecule has 8 heteroatoms. The van der Waals surface area contributed by atoms with Crippen LogP contribution in [-0.2, 0) is 0 Å². The van der Waals surface area contributed by atoms with Gasteiger partial charge >= 0.3 is 0 Å². The fourth-order valence-corrected chi connectivity index (χ4v) is 4.23. The molecule has 1 aromatic carbocycles. The standard InChI is InChI=1S/C19H20BrN5O2/c20-12-6-1-2-7-13(12)25(14-8-3-4-9-15(14)26)19-16(17(21)27)18-22-10-5-11-24(18)23-19/h1-2,5-7,10-11,14-15,26H,3-4,8-9H2,(H2,21,27)/t14-,15+/m1/s1. The lowest BCUT2D eigenvalue weighted by atomic mass is 9.90. The lowest BCUT2D eigenvalue weighted by Gasteiger charge is -2.38. The number of carbonyl (C=O) groups is 1. The zero-order valence-electron chi connectivity index (χ0n) is 14.6. The maximum atomic E-state index is 12.3. The number of halogens is 1. The van der Waals surface area contributed by atoms with Crippen molar-refractivity contribution in [3.63, 3.8) is 0 Å². The second-order valence-electron chi connectivity index (χ2n) is 6.69. The van der Waals surface area contributed by atoms with Crippen LogP contribution in [0.2, 0.25) is 0 Å². The van der Waals surface area contributed by atoms with E-state index in [0.717, 1.165) is 29.4 Å². The monoisotopic (exact) mass is 429 g/mol. The van der Waals surface area contributed by atoms with Gasteiger partial charge in [-0.2, -0.15) is 0 Å². The summed E-state index contributed by atoms with van der Waals surface area (Å²) in [5, 5.41) is 15.3. The molecular formula is C19H20BrN5O2. The van der Waals surface area contributed by atoms with Gasteiger partial charge in [-0.1, -0.05) is 25.0 Å². The van der Waals surface area contributed by atoms with Gasteiger partial charge in [0, 0.05) is 16.9 Å². The van der Waals surface area contributed by atoms with Crippen molar-refractivity contribution >= 4 is 39.0 Å². The number of amides is 1. The van der Waals surface area contributed by atoms with E-state index in [4.69, 9.17) is 5.73 Å². The number of aliphatic hydroxyl groups is 1. The zero-order chi connectivity index (χ0) is 19.0. The fourth-order valence-electron chi connectivity index (χ4n) is 3.75. The molecule has 0 radical (unpaired) electrons. The molecule has 7 nitrogen and oxygen atoms in total. The molecular weight excluding hydrogens is 410 g/mol. The summed E-state index contributed by atoms with van der Waals surface area (Å²) in [4.78, 5) is 18.5. The van der Waals surface area contributed by atoms with Crippen molar-refractivity contribution in [1.29, 1.82) is 0 Å². The van der Waals surface area contributed by atoms with E-state index in [0.29, 0.717) is 17.9 Å². The molecule has 1 aliphatic rings. The van der Waals surface area contributed by atoms with Gasteiger partial charge in [0.25, 0.3) is 5.91 Å². The van der Waals surface area contributed by atoms with E-state index in [2.05, 4.69) is 26.0 Å². The first-order valence-corrected chi connectivity index (χ1v) is 9.72. The molecule has 2 heterocycles. The molecule has 27 heavy (non-hydrogen) atoms. The number of primary amides is 1. The average molecular weight is 430 g/mol. The molecule has 0 saturated heterocycles. The third kappa shape index (κ3) is 3.19. The van der Waals surface area contributed by atoms with E-state index in [1.807, 2.05) is 29.2 Å². The molecule has 1 amide bonds. The van der Waals surface area contributed by atoms with Crippen LogP contribution in [0.25, 0.3) is 5.65 Å². The summed E-state index contributed by atoms with van der Waals surface area (Å²) in [7, 11) is 0. The van der Waals surface area contributed by atoms with Crippen molar-refractivity contribution in [1.82, 2.24) is 14.6 Å². The van der Waals surface area contributed by atoms with Crippen LogP contribution in [0.4, 0.5) is 11.5 Å². The summed E-state index contributed by atoms with van der Waals surface area (Å²) in [5.74, 6) is -0.180. The van der Waals surface area contributed by atoms with Gasteiger partial charge in [-0.3, -0.25) is 4.79 Å². The van der Waals surface area contributed by atoms with Crippen LogP contribution in [0.5, 0.6) is 0 Å². The number of aromatic nitrogens is 3. The normalized spacial score (nSPS) is 19.9. The fraction of sp³-hybridized carbons (Fsp3) is 0.316. The summed E-state index contributed by atoms with van der Waals surface area (Å²) in [5.41, 5.74) is 7.20. The molecule has 0 aliphatic heterocycles. The molecule has 3 N–H and O–H groups in total. The second-order valence-corrected chi connectivity index (χ2v) is 7.55. The molecule has 2 atom stereocenters. The highest BCUT2D eigenvalue weighted by atomic mass is 79.9. The quantitative estimate of drug-likeness (QED) is 0.664. The first-order chi connectivity index (χ1) is 13.1. The number of anilines is 2. The van der Waals surface area contributed by atoms with Gasteiger partial charge in [-0.15, -0.1) is 5.10 Å². The smallest absolute Gasteiger partial charge is 0.256 e. The predicted molar refractivity (Wildman–Crippen MR) is 106 cm³/mol. The summed E-state index contributed by atoms with van der Waals surface area (Å²) in [6, 6.07) is 9.24. The van der Waals surface area contributed by atoms with Gasteiger partial charge in [0.1, 0.15) is 5.56 Å². The van der Waals surface area contributed by atoms with Gasteiger partial charge in [0.2, 0.25) is 0 Å². The summed E-state index contributed by atoms with van der Waals surface area (Å²) >= 11 is 3.60. The number of benzene rings is 1. The summed E-state index contributed by atoms with van der Waals surface area (Å²) in [6.07, 6.45) is 6.30. The van der Waals surface area contributed by atoms with Crippen LogP contribution in [-0.4, -0.2) is 37.8 Å². The predicted octanol–water partition coefficient (Wildman–Crippen LogP) is 3.03. The van der Waals surface area contributed by atoms with E-state index in [-0.39, 0.29) is 11.6 Å². The van der Waals surface area contributed by atoms with Gasteiger partial charge in [-0.25, -0.2) is 9.50 Å². The van der Waals surface area contributed by atoms with E-state index < -0.39 is 12.0 Å². The Hall–Kier alpha value is -2.45. The molecule has 2 aromatic heterocycles. The number of nitrogens with zero attached hydrogens (tertiary/aromatic N) is 4. The Morgan fingerprint density at radius 2 is 2.04 bits per heavy atom. The van der Waals surface area contributed by atoms with Crippen molar-refractivity contribution < 1.29 is 9.90 Å². The highest BCUT2D eigenvalue weighted by Crippen LogP contribution is 2.39. The van der Waals surface area contributed by atoms with Gasteiger partial charge in [0.05, 0.1) is 17.8 Å². The number of rotatable bonds is 4. The Bertz CT molecular complexity index is 989. The number of para-hydroxylation sites is 1. The summed E-state index contributed by atoms with van der Waals surface area (Å²) in [6.45, 7) is 0. The first kappa shape index (κ1) is 17.9. The van der Waals surface area contributed by atoms with Gasteiger partial charge in [-0.05, 0) is 47.0 Å². The lowest BCUT2D eigenvalue weighted by Crippen LogP contribution is -2.44. The molecule has 3 aromatic rings. The molecule has 140 valence electrons. The minimum Gasteiger partial charge on any atom is -0.391 e. The largest absolute Gasteiger partial charge is 0.391 e. The van der Waals surface area contributed by atoms with Crippen LogP contribution in [0, 0.1) is 0 Å². The Balaban J connectivity index is 1.97. The maximum Gasteiger partial charge on any atom is 0.256 e. The van der Waals surface area contributed by atoms with Crippen LogP contribution >= 0.6 is 15.9 Å². The summed E-state index contributed by atoms with van der Waals surface area (Å²) < 4.78 is 2.40. The molecule has 4 rings (SSSR count). The Morgan fingerprint density at radius 3 is 2.78 bits per heavy atom. The van der Waals surface area contributed by atoms with Gasteiger partial charge in [0.15, 0.2) is 11.5 Å². The van der Waals surface area contributed by atoms with E-state index in [9.17, 15) is 9.90 Å².